The molecule has 0 radical (unpaired) electrons. The topological polar surface area (TPSA) is 87.6 Å². The van der Waals surface area contributed by atoms with E-state index in [9.17, 15) is 10.1 Å². The highest BCUT2D eigenvalue weighted by molar-refractivity contribution is 5.57. The second kappa shape index (κ2) is 6.38. The van der Waals surface area contributed by atoms with Crippen molar-refractivity contribution in [2.24, 2.45) is 0 Å². The lowest BCUT2D eigenvalue weighted by molar-refractivity contribution is -0.384. The van der Waals surface area contributed by atoms with Crippen LogP contribution < -0.4 is 10.5 Å². The van der Waals surface area contributed by atoms with Crippen LogP contribution in [-0.2, 0) is 4.74 Å². The minimum Gasteiger partial charge on any atom is -0.485 e. The van der Waals surface area contributed by atoms with Crippen LogP contribution in [0, 0.1) is 10.1 Å². The summed E-state index contributed by atoms with van der Waals surface area (Å²) in [6.45, 7) is 6.92. The molecule has 0 saturated heterocycles. The van der Waals surface area contributed by atoms with Gasteiger partial charge in [-0.25, -0.2) is 0 Å². The lowest BCUT2D eigenvalue weighted by Gasteiger charge is -2.27. The van der Waals surface area contributed by atoms with Crippen LogP contribution in [0.2, 0.25) is 0 Å². The highest BCUT2D eigenvalue weighted by atomic mass is 16.6. The van der Waals surface area contributed by atoms with Crippen molar-refractivity contribution in [3.63, 3.8) is 0 Å². The average Bonchev–Trinajstić information content (AvgIpc) is 2.31. The number of nitro benzene ring substituents is 1. The fraction of sp³-hybridized carbons (Fsp3) is 0.538. The largest absolute Gasteiger partial charge is 0.485 e. The Morgan fingerprint density at radius 2 is 2.11 bits per heavy atom. The molecule has 0 spiro atoms. The predicted octanol–water partition coefficient (Wildman–Crippen LogP) is 2.76. The van der Waals surface area contributed by atoms with Gasteiger partial charge in [0.2, 0.25) is 0 Å². The second-order valence-electron chi connectivity index (χ2n) is 4.79. The van der Waals surface area contributed by atoms with Gasteiger partial charge < -0.3 is 15.2 Å². The number of anilines is 1. The fourth-order valence-corrected chi connectivity index (χ4v) is 1.54. The van der Waals surface area contributed by atoms with Crippen molar-refractivity contribution in [3.05, 3.63) is 28.3 Å². The first-order chi connectivity index (χ1) is 8.85. The van der Waals surface area contributed by atoms with Crippen molar-refractivity contribution >= 4 is 11.4 Å². The molecule has 0 atom stereocenters. The number of nitrogens with zero attached hydrogens (tertiary/aromatic N) is 1. The minimum absolute atomic E-state index is 0.0372. The van der Waals surface area contributed by atoms with Gasteiger partial charge >= 0.3 is 0 Å². The molecule has 19 heavy (non-hydrogen) atoms. The van der Waals surface area contributed by atoms with Gasteiger partial charge in [0.05, 0.1) is 23.3 Å². The van der Waals surface area contributed by atoms with Gasteiger partial charge in [0.25, 0.3) is 5.69 Å². The Bertz CT molecular complexity index is 446. The number of hydrogen-bond donors (Lipinski definition) is 1. The van der Waals surface area contributed by atoms with E-state index in [1.54, 1.807) is 0 Å². The maximum Gasteiger partial charge on any atom is 0.273 e. The monoisotopic (exact) mass is 268 g/mol. The molecule has 0 aromatic heterocycles. The number of ether oxygens (including phenoxy) is 2. The first-order valence-electron chi connectivity index (χ1n) is 6.16. The van der Waals surface area contributed by atoms with Gasteiger partial charge in [0, 0.05) is 19.1 Å². The van der Waals surface area contributed by atoms with Gasteiger partial charge in [-0.05, 0) is 26.8 Å². The van der Waals surface area contributed by atoms with E-state index in [0.717, 1.165) is 0 Å². The van der Waals surface area contributed by atoms with Crippen LogP contribution in [0.1, 0.15) is 27.2 Å². The highest BCUT2D eigenvalue weighted by Crippen LogP contribution is 2.30. The van der Waals surface area contributed by atoms with Crippen LogP contribution in [-0.4, -0.2) is 23.7 Å². The fourth-order valence-electron chi connectivity index (χ4n) is 1.54. The summed E-state index contributed by atoms with van der Waals surface area (Å²) < 4.78 is 11.0. The number of non-ortho nitro benzene ring substituents is 1. The number of rotatable bonds is 7. The van der Waals surface area contributed by atoms with E-state index in [-0.39, 0.29) is 5.69 Å². The van der Waals surface area contributed by atoms with Crippen LogP contribution in [0.3, 0.4) is 0 Å². The average molecular weight is 268 g/mol. The number of nitro groups is 1. The maximum atomic E-state index is 10.7. The second-order valence-corrected chi connectivity index (χ2v) is 4.79. The van der Waals surface area contributed by atoms with Gasteiger partial charge in [-0.1, -0.05) is 0 Å². The van der Waals surface area contributed by atoms with Crippen molar-refractivity contribution in [1.29, 1.82) is 0 Å². The standard InChI is InChI=1S/C13H20N2O4/c1-4-18-8-7-13(2,3)19-12-9-10(15(16)17)5-6-11(12)14/h5-6,9H,4,7-8,14H2,1-3H3. The molecule has 0 heterocycles. The van der Waals surface area contributed by atoms with Crippen LogP contribution in [0.25, 0.3) is 0 Å². The Labute approximate surface area is 112 Å². The molecule has 1 rings (SSSR count). The first kappa shape index (κ1) is 15.2. The molecular formula is C13H20N2O4. The zero-order chi connectivity index (χ0) is 14.5. The molecule has 106 valence electrons. The lowest BCUT2D eigenvalue weighted by atomic mass is 10.1. The Hall–Kier alpha value is -1.82. The van der Waals surface area contributed by atoms with Crippen molar-refractivity contribution in [2.75, 3.05) is 18.9 Å². The SMILES string of the molecule is CCOCCC(C)(C)Oc1cc([N+](=O)[O-])ccc1N. The van der Waals surface area contributed by atoms with E-state index < -0.39 is 10.5 Å². The summed E-state index contributed by atoms with van der Waals surface area (Å²) in [7, 11) is 0. The summed E-state index contributed by atoms with van der Waals surface area (Å²) in [5, 5.41) is 10.7. The third-order valence-corrected chi connectivity index (χ3v) is 2.65. The number of nitrogen functional groups attached to an aromatic ring is 1. The molecule has 6 heteroatoms. The van der Waals surface area contributed by atoms with Gasteiger partial charge in [-0.2, -0.15) is 0 Å². The molecule has 0 fully saturated rings. The zero-order valence-electron chi connectivity index (χ0n) is 11.5. The number of nitrogens with two attached hydrogens (primary N) is 1. The number of hydrogen-bond acceptors (Lipinski definition) is 5. The molecule has 0 amide bonds. The zero-order valence-corrected chi connectivity index (χ0v) is 11.5. The van der Waals surface area contributed by atoms with Gasteiger partial charge in [0.15, 0.2) is 0 Å². The Balaban J connectivity index is 2.79. The summed E-state index contributed by atoms with van der Waals surface area (Å²) in [6.07, 6.45) is 0.670. The minimum atomic E-state index is -0.501. The molecule has 6 nitrogen and oxygen atoms in total. The summed E-state index contributed by atoms with van der Waals surface area (Å²) in [6, 6.07) is 4.18. The summed E-state index contributed by atoms with van der Waals surface area (Å²) in [5.74, 6) is 0.329. The van der Waals surface area contributed by atoms with Gasteiger partial charge in [-0.15, -0.1) is 0 Å². The molecular weight excluding hydrogens is 248 g/mol. The van der Waals surface area contributed by atoms with Crippen molar-refractivity contribution in [2.45, 2.75) is 32.8 Å². The summed E-state index contributed by atoms with van der Waals surface area (Å²) >= 11 is 0. The molecule has 0 saturated carbocycles. The molecule has 0 aliphatic heterocycles. The van der Waals surface area contributed by atoms with E-state index in [1.807, 2.05) is 20.8 Å². The van der Waals surface area contributed by atoms with Crippen molar-refractivity contribution < 1.29 is 14.4 Å². The van der Waals surface area contributed by atoms with Crippen LogP contribution in [0.5, 0.6) is 5.75 Å². The van der Waals surface area contributed by atoms with Crippen LogP contribution >= 0.6 is 0 Å². The summed E-state index contributed by atoms with van der Waals surface area (Å²) in [4.78, 5) is 10.3. The smallest absolute Gasteiger partial charge is 0.273 e. The molecule has 1 aromatic rings. The van der Waals surface area contributed by atoms with E-state index in [4.69, 9.17) is 15.2 Å². The molecule has 2 N–H and O–H groups in total. The van der Waals surface area contributed by atoms with Gasteiger partial charge in [0.1, 0.15) is 11.4 Å². The highest BCUT2D eigenvalue weighted by Gasteiger charge is 2.22. The first-order valence-corrected chi connectivity index (χ1v) is 6.16. The lowest BCUT2D eigenvalue weighted by Crippen LogP contribution is -2.30. The van der Waals surface area contributed by atoms with Crippen LogP contribution in [0.4, 0.5) is 11.4 Å². The molecule has 0 aliphatic rings. The normalized spacial score (nSPS) is 11.3. The van der Waals surface area contributed by atoms with E-state index in [1.165, 1.54) is 18.2 Å². The Kier molecular flexibility index (Phi) is 5.11. The van der Waals surface area contributed by atoms with Crippen molar-refractivity contribution in [1.82, 2.24) is 0 Å². The molecule has 0 aliphatic carbocycles. The summed E-state index contributed by atoms with van der Waals surface area (Å²) in [5.41, 5.74) is 5.62. The van der Waals surface area contributed by atoms with E-state index in [0.29, 0.717) is 31.1 Å². The Morgan fingerprint density at radius 3 is 2.68 bits per heavy atom. The molecule has 0 unspecified atom stereocenters. The molecule has 1 aromatic carbocycles. The number of benzene rings is 1. The Morgan fingerprint density at radius 1 is 1.42 bits per heavy atom. The van der Waals surface area contributed by atoms with E-state index in [2.05, 4.69) is 0 Å². The predicted molar refractivity (Wildman–Crippen MR) is 73.3 cm³/mol. The maximum absolute atomic E-state index is 10.7. The molecule has 0 bridgehead atoms. The van der Waals surface area contributed by atoms with E-state index >= 15 is 0 Å². The quantitative estimate of drug-likeness (QED) is 0.355. The van der Waals surface area contributed by atoms with Crippen molar-refractivity contribution in [3.8, 4) is 5.75 Å². The third-order valence-electron chi connectivity index (χ3n) is 2.65. The third kappa shape index (κ3) is 4.75. The van der Waals surface area contributed by atoms with Crippen LogP contribution in [0.15, 0.2) is 18.2 Å². The van der Waals surface area contributed by atoms with Gasteiger partial charge in [-0.3, -0.25) is 10.1 Å².